The number of nitrogens with one attached hydrogen (secondary N) is 1. The molecule has 4 heteroatoms. The fourth-order valence-corrected chi connectivity index (χ4v) is 4.15. The summed E-state index contributed by atoms with van der Waals surface area (Å²) in [5, 5.41) is 4.77. The zero-order chi connectivity index (χ0) is 15.5. The minimum Gasteiger partial charge on any atom is -0.368 e. The van der Waals surface area contributed by atoms with E-state index in [4.69, 9.17) is 9.72 Å². The van der Waals surface area contributed by atoms with Gasteiger partial charge in [0.05, 0.1) is 5.69 Å². The van der Waals surface area contributed by atoms with Gasteiger partial charge in [-0.25, -0.2) is 4.98 Å². The van der Waals surface area contributed by atoms with E-state index in [1.165, 1.54) is 29.1 Å². The van der Waals surface area contributed by atoms with Crippen LogP contribution in [-0.2, 0) is 16.9 Å². The third-order valence-corrected chi connectivity index (χ3v) is 5.49. The summed E-state index contributed by atoms with van der Waals surface area (Å²) in [6, 6.07) is 0. The van der Waals surface area contributed by atoms with Crippen LogP contribution < -0.4 is 5.32 Å². The van der Waals surface area contributed by atoms with E-state index < -0.39 is 0 Å². The number of rotatable bonds is 5. The molecule has 0 atom stereocenters. The molecule has 1 aliphatic rings. The zero-order valence-electron chi connectivity index (χ0n) is 14.2. The Labute approximate surface area is 133 Å². The number of aromatic nitrogens is 1. The van der Waals surface area contributed by atoms with Crippen LogP contribution in [0.25, 0.3) is 0 Å². The van der Waals surface area contributed by atoms with Crippen LogP contribution in [-0.4, -0.2) is 17.1 Å². The van der Waals surface area contributed by atoms with E-state index in [0.717, 1.165) is 31.7 Å². The summed E-state index contributed by atoms with van der Waals surface area (Å²) >= 11 is 1.85. The summed E-state index contributed by atoms with van der Waals surface area (Å²) in [4.78, 5) is 6.23. The Kier molecular flexibility index (Phi) is 5.44. The highest BCUT2D eigenvalue weighted by Gasteiger charge is 2.37. The van der Waals surface area contributed by atoms with Crippen molar-refractivity contribution in [1.29, 1.82) is 0 Å². The van der Waals surface area contributed by atoms with E-state index in [1.54, 1.807) is 0 Å². The quantitative estimate of drug-likeness (QED) is 0.867. The van der Waals surface area contributed by atoms with Gasteiger partial charge < -0.3 is 10.1 Å². The average Bonchev–Trinajstić information content (AvgIpc) is 2.79. The Balaban J connectivity index is 2.18. The first-order valence-corrected chi connectivity index (χ1v) is 9.04. The maximum Gasteiger partial charge on any atom is 0.125 e. The first-order valence-electron chi connectivity index (χ1n) is 8.22. The number of hydrogen-bond donors (Lipinski definition) is 1. The third-order valence-electron chi connectivity index (χ3n) is 4.14. The van der Waals surface area contributed by atoms with Crippen LogP contribution in [0.4, 0.5) is 0 Å². The molecule has 1 aromatic heterocycles. The predicted molar refractivity (Wildman–Crippen MR) is 89.8 cm³/mol. The fourth-order valence-electron chi connectivity index (χ4n) is 2.95. The lowest BCUT2D eigenvalue weighted by Gasteiger charge is -2.35. The Hall–Kier alpha value is -0.450. The molecular formula is C17H30N2OS. The van der Waals surface area contributed by atoms with Gasteiger partial charge in [0, 0.05) is 23.6 Å². The van der Waals surface area contributed by atoms with Crippen LogP contribution in [0.15, 0.2) is 0 Å². The minimum absolute atomic E-state index is 0.109. The van der Waals surface area contributed by atoms with E-state index in [9.17, 15) is 0 Å². The average molecular weight is 311 g/mol. The number of ether oxygens (including phenoxy) is 1. The molecule has 0 radical (unpaired) electrons. The molecule has 120 valence electrons. The van der Waals surface area contributed by atoms with Gasteiger partial charge in [-0.15, -0.1) is 11.3 Å². The second kappa shape index (κ2) is 6.76. The molecule has 21 heavy (non-hydrogen) atoms. The van der Waals surface area contributed by atoms with Crippen molar-refractivity contribution in [1.82, 2.24) is 10.3 Å². The van der Waals surface area contributed by atoms with Gasteiger partial charge in [0.15, 0.2) is 0 Å². The second-order valence-electron chi connectivity index (χ2n) is 7.12. The summed E-state index contributed by atoms with van der Waals surface area (Å²) in [6.45, 7) is 12.5. The minimum atomic E-state index is -0.109. The van der Waals surface area contributed by atoms with Crippen molar-refractivity contribution in [2.75, 3.05) is 6.61 Å². The van der Waals surface area contributed by atoms with Crippen LogP contribution in [0.1, 0.15) is 75.4 Å². The summed E-state index contributed by atoms with van der Waals surface area (Å²) < 4.78 is 6.20. The van der Waals surface area contributed by atoms with Crippen molar-refractivity contribution in [2.45, 2.75) is 84.4 Å². The molecule has 0 spiro atoms. The maximum atomic E-state index is 6.20. The van der Waals surface area contributed by atoms with E-state index in [1.807, 2.05) is 11.3 Å². The van der Waals surface area contributed by atoms with Gasteiger partial charge in [0.25, 0.3) is 0 Å². The molecule has 1 aromatic rings. The highest BCUT2D eigenvalue weighted by Crippen LogP contribution is 2.42. The molecule has 2 rings (SSSR count). The molecule has 1 saturated carbocycles. The first-order chi connectivity index (χ1) is 9.86. The second-order valence-corrected chi connectivity index (χ2v) is 8.20. The molecule has 1 aliphatic carbocycles. The van der Waals surface area contributed by atoms with Gasteiger partial charge in [-0.1, -0.05) is 19.3 Å². The SMILES string of the molecule is CCOC1(c2nc(C)c(CNC(C)(C)C)s2)CCCCC1. The van der Waals surface area contributed by atoms with Crippen molar-refractivity contribution >= 4 is 11.3 Å². The van der Waals surface area contributed by atoms with E-state index in [-0.39, 0.29) is 11.1 Å². The Morgan fingerprint density at radius 1 is 1.24 bits per heavy atom. The summed E-state index contributed by atoms with van der Waals surface area (Å²) in [5.41, 5.74) is 1.19. The monoisotopic (exact) mass is 310 g/mol. The molecular weight excluding hydrogens is 280 g/mol. The van der Waals surface area contributed by atoms with E-state index >= 15 is 0 Å². The molecule has 1 fully saturated rings. The molecule has 0 aliphatic heterocycles. The highest BCUT2D eigenvalue weighted by molar-refractivity contribution is 7.11. The molecule has 0 unspecified atom stereocenters. The molecule has 1 heterocycles. The molecule has 0 aromatic carbocycles. The van der Waals surface area contributed by atoms with Crippen LogP contribution in [0.2, 0.25) is 0 Å². The number of aryl methyl sites for hydroxylation is 1. The Morgan fingerprint density at radius 2 is 1.90 bits per heavy atom. The van der Waals surface area contributed by atoms with Crippen molar-refractivity contribution in [3.05, 3.63) is 15.6 Å². The van der Waals surface area contributed by atoms with Gasteiger partial charge >= 0.3 is 0 Å². The maximum absolute atomic E-state index is 6.20. The van der Waals surface area contributed by atoms with Gasteiger partial charge in [0.1, 0.15) is 10.6 Å². The van der Waals surface area contributed by atoms with E-state index in [2.05, 4.69) is 39.9 Å². The topological polar surface area (TPSA) is 34.1 Å². The van der Waals surface area contributed by atoms with Crippen molar-refractivity contribution in [3.63, 3.8) is 0 Å². The number of thiazole rings is 1. The predicted octanol–water partition coefficient (Wildman–Crippen LogP) is 4.54. The lowest BCUT2D eigenvalue weighted by atomic mass is 9.85. The summed E-state index contributed by atoms with van der Waals surface area (Å²) in [7, 11) is 0. The largest absolute Gasteiger partial charge is 0.368 e. The molecule has 0 amide bonds. The van der Waals surface area contributed by atoms with Crippen molar-refractivity contribution in [3.8, 4) is 0 Å². The van der Waals surface area contributed by atoms with Crippen LogP contribution in [0.3, 0.4) is 0 Å². The fraction of sp³-hybridized carbons (Fsp3) is 0.824. The van der Waals surface area contributed by atoms with Gasteiger partial charge in [0.2, 0.25) is 0 Å². The Bertz CT molecular complexity index is 450. The first kappa shape index (κ1) is 16.9. The highest BCUT2D eigenvalue weighted by atomic mass is 32.1. The lowest BCUT2D eigenvalue weighted by molar-refractivity contribution is -0.0705. The smallest absolute Gasteiger partial charge is 0.125 e. The van der Waals surface area contributed by atoms with Gasteiger partial charge in [-0.2, -0.15) is 0 Å². The number of hydrogen-bond acceptors (Lipinski definition) is 4. The lowest BCUT2D eigenvalue weighted by Crippen LogP contribution is -2.35. The number of nitrogens with zero attached hydrogens (tertiary/aromatic N) is 1. The third kappa shape index (κ3) is 4.27. The molecule has 1 N–H and O–H groups in total. The Morgan fingerprint density at radius 3 is 2.48 bits per heavy atom. The molecule has 0 bridgehead atoms. The van der Waals surface area contributed by atoms with Crippen LogP contribution in [0, 0.1) is 6.92 Å². The van der Waals surface area contributed by atoms with Crippen molar-refractivity contribution in [2.24, 2.45) is 0 Å². The van der Waals surface area contributed by atoms with E-state index in [0.29, 0.717) is 0 Å². The standard InChI is InChI=1S/C17H30N2OS/c1-6-20-17(10-8-7-9-11-17)15-19-13(2)14(21-15)12-18-16(3,4)5/h18H,6-12H2,1-5H3. The zero-order valence-corrected chi connectivity index (χ0v) is 15.0. The van der Waals surface area contributed by atoms with Crippen molar-refractivity contribution < 1.29 is 4.74 Å². The summed E-state index contributed by atoms with van der Waals surface area (Å²) in [6.07, 6.45) is 6.10. The van der Waals surface area contributed by atoms with Crippen LogP contribution in [0.5, 0.6) is 0 Å². The molecule has 0 saturated heterocycles. The van der Waals surface area contributed by atoms with Gasteiger partial charge in [-0.05, 0) is 47.5 Å². The van der Waals surface area contributed by atoms with Crippen LogP contribution >= 0.6 is 11.3 Å². The normalized spacial score (nSPS) is 18.9. The summed E-state index contributed by atoms with van der Waals surface area (Å²) in [5.74, 6) is 0. The van der Waals surface area contributed by atoms with Gasteiger partial charge in [-0.3, -0.25) is 0 Å². The molecule has 3 nitrogen and oxygen atoms in total.